The third-order valence-corrected chi connectivity index (χ3v) is 3.69. The standard InChI is InChI=1S/C14H23NO5/c1-14(2,3)20-13(18)15-10-4-9(6-12(16)17)5-11(15)8-19-7-10/h9-11H,4-8H2,1-3H3,(H,16,17)/t10-,11-/m1/s1. The Hall–Kier alpha value is -1.30. The first-order chi connectivity index (χ1) is 9.26. The molecule has 6 heteroatoms. The molecule has 0 aromatic carbocycles. The quantitative estimate of drug-likeness (QED) is 0.838. The smallest absolute Gasteiger partial charge is 0.410 e. The van der Waals surface area contributed by atoms with Crippen LogP contribution in [0.25, 0.3) is 0 Å². The van der Waals surface area contributed by atoms with Gasteiger partial charge in [-0.15, -0.1) is 0 Å². The molecule has 2 bridgehead atoms. The molecule has 1 N–H and O–H groups in total. The number of nitrogens with zero attached hydrogens (tertiary/aromatic N) is 1. The molecule has 2 rings (SSSR count). The lowest BCUT2D eigenvalue weighted by Gasteiger charge is -2.48. The maximum absolute atomic E-state index is 12.3. The van der Waals surface area contributed by atoms with Crippen LogP contribution in [0.3, 0.4) is 0 Å². The van der Waals surface area contributed by atoms with Crippen LogP contribution < -0.4 is 0 Å². The van der Waals surface area contributed by atoms with Crippen LogP contribution in [0.4, 0.5) is 4.79 Å². The summed E-state index contributed by atoms with van der Waals surface area (Å²) < 4.78 is 10.9. The van der Waals surface area contributed by atoms with E-state index in [0.29, 0.717) is 26.1 Å². The summed E-state index contributed by atoms with van der Waals surface area (Å²) in [6.45, 7) is 6.45. The Morgan fingerprint density at radius 2 is 1.80 bits per heavy atom. The highest BCUT2D eigenvalue weighted by Crippen LogP contribution is 2.34. The van der Waals surface area contributed by atoms with E-state index in [-0.39, 0.29) is 30.5 Å². The summed E-state index contributed by atoms with van der Waals surface area (Å²) in [7, 11) is 0. The van der Waals surface area contributed by atoms with Crippen LogP contribution >= 0.6 is 0 Å². The maximum atomic E-state index is 12.3. The van der Waals surface area contributed by atoms with Crippen LogP contribution in [0.15, 0.2) is 0 Å². The summed E-state index contributed by atoms with van der Waals surface area (Å²) in [6.07, 6.45) is 1.18. The summed E-state index contributed by atoms with van der Waals surface area (Å²) in [4.78, 5) is 24.9. The van der Waals surface area contributed by atoms with Gasteiger partial charge in [-0.2, -0.15) is 0 Å². The van der Waals surface area contributed by atoms with Gasteiger partial charge < -0.3 is 14.6 Å². The molecular weight excluding hydrogens is 262 g/mol. The van der Waals surface area contributed by atoms with E-state index in [9.17, 15) is 9.59 Å². The molecular formula is C14H23NO5. The highest BCUT2D eigenvalue weighted by Gasteiger charge is 2.43. The summed E-state index contributed by atoms with van der Waals surface area (Å²) in [6, 6.07) is -0.136. The molecule has 2 aliphatic heterocycles. The number of hydrogen-bond acceptors (Lipinski definition) is 4. The Morgan fingerprint density at radius 3 is 2.25 bits per heavy atom. The fraction of sp³-hybridized carbons (Fsp3) is 0.857. The molecule has 20 heavy (non-hydrogen) atoms. The number of carbonyl (C=O) groups excluding carboxylic acids is 1. The van der Waals surface area contributed by atoms with Crippen molar-refractivity contribution in [3.05, 3.63) is 0 Å². The molecule has 2 fully saturated rings. The van der Waals surface area contributed by atoms with E-state index in [0.717, 1.165) is 0 Å². The van der Waals surface area contributed by atoms with Gasteiger partial charge in [0.25, 0.3) is 0 Å². The molecule has 114 valence electrons. The molecule has 6 nitrogen and oxygen atoms in total. The molecule has 0 aromatic rings. The van der Waals surface area contributed by atoms with E-state index < -0.39 is 11.6 Å². The number of ether oxygens (including phenoxy) is 2. The summed E-state index contributed by atoms with van der Waals surface area (Å²) in [5.41, 5.74) is -0.524. The molecule has 2 aliphatic rings. The number of hydrogen-bond donors (Lipinski definition) is 1. The second-order valence-electron chi connectivity index (χ2n) is 6.67. The number of carbonyl (C=O) groups is 2. The van der Waals surface area contributed by atoms with Crippen molar-refractivity contribution in [2.75, 3.05) is 13.2 Å². The Kier molecular flexibility index (Phi) is 4.22. The van der Waals surface area contributed by atoms with Gasteiger partial charge in [-0.05, 0) is 39.5 Å². The van der Waals surface area contributed by atoms with Crippen LogP contribution in [-0.2, 0) is 14.3 Å². The zero-order valence-electron chi connectivity index (χ0n) is 12.3. The summed E-state index contributed by atoms with van der Waals surface area (Å²) >= 11 is 0. The minimum atomic E-state index is -0.778. The van der Waals surface area contributed by atoms with E-state index in [1.807, 2.05) is 20.8 Å². The molecule has 0 aliphatic carbocycles. The van der Waals surface area contributed by atoms with Crippen LogP contribution in [0, 0.1) is 5.92 Å². The highest BCUT2D eigenvalue weighted by molar-refractivity contribution is 5.70. The first kappa shape index (κ1) is 15.1. The number of fused-ring (bicyclic) bond motifs is 2. The number of carboxylic acid groups (broad SMARTS) is 1. The van der Waals surface area contributed by atoms with Gasteiger partial charge in [-0.3, -0.25) is 9.69 Å². The van der Waals surface area contributed by atoms with Gasteiger partial charge in [0.2, 0.25) is 0 Å². The molecule has 0 unspecified atom stereocenters. The fourth-order valence-corrected chi connectivity index (χ4v) is 3.05. The van der Waals surface area contributed by atoms with E-state index >= 15 is 0 Å². The van der Waals surface area contributed by atoms with E-state index in [2.05, 4.69) is 0 Å². The van der Waals surface area contributed by atoms with Crippen molar-refractivity contribution in [1.82, 2.24) is 4.90 Å². The summed E-state index contributed by atoms with van der Waals surface area (Å²) in [5, 5.41) is 8.92. The van der Waals surface area contributed by atoms with Crippen molar-refractivity contribution in [1.29, 1.82) is 0 Å². The first-order valence-electron chi connectivity index (χ1n) is 7.07. The Balaban J connectivity index is 2.05. The average molecular weight is 285 g/mol. The molecule has 1 amide bonds. The van der Waals surface area contributed by atoms with Crippen LogP contribution in [0.2, 0.25) is 0 Å². The molecule has 0 aromatic heterocycles. The lowest BCUT2D eigenvalue weighted by Crippen LogP contribution is -2.60. The minimum absolute atomic E-state index is 0.0679. The number of carboxylic acids is 1. The second kappa shape index (κ2) is 5.60. The lowest BCUT2D eigenvalue weighted by atomic mass is 9.83. The van der Waals surface area contributed by atoms with Gasteiger partial charge in [0.15, 0.2) is 0 Å². The number of rotatable bonds is 2. The van der Waals surface area contributed by atoms with E-state index in [1.165, 1.54) is 0 Å². The molecule has 2 heterocycles. The Labute approximate surface area is 119 Å². The van der Waals surface area contributed by atoms with Gasteiger partial charge in [0.1, 0.15) is 5.60 Å². The van der Waals surface area contributed by atoms with Crippen molar-refractivity contribution >= 4 is 12.1 Å². The lowest BCUT2D eigenvalue weighted by molar-refractivity contribution is -0.140. The van der Waals surface area contributed by atoms with Crippen LogP contribution in [0.1, 0.15) is 40.0 Å². The predicted molar refractivity (Wildman–Crippen MR) is 71.4 cm³/mol. The zero-order valence-corrected chi connectivity index (χ0v) is 12.3. The van der Waals surface area contributed by atoms with Crippen LogP contribution in [-0.4, -0.2) is 53.0 Å². The van der Waals surface area contributed by atoms with Gasteiger partial charge >= 0.3 is 12.1 Å². The number of piperidine rings is 1. The molecule has 2 saturated heterocycles. The Morgan fingerprint density at radius 1 is 1.25 bits per heavy atom. The maximum Gasteiger partial charge on any atom is 0.410 e. The van der Waals surface area contributed by atoms with E-state index in [4.69, 9.17) is 14.6 Å². The first-order valence-corrected chi connectivity index (χ1v) is 7.07. The molecule has 0 saturated carbocycles. The SMILES string of the molecule is CC(C)(C)OC(=O)N1[C@H]2COC[C@H]1CC(CC(=O)O)C2. The highest BCUT2D eigenvalue weighted by atomic mass is 16.6. The minimum Gasteiger partial charge on any atom is -0.481 e. The van der Waals surface area contributed by atoms with Crippen LogP contribution in [0.5, 0.6) is 0 Å². The normalized spacial score (nSPS) is 29.9. The van der Waals surface area contributed by atoms with Gasteiger partial charge in [-0.1, -0.05) is 0 Å². The molecule has 0 spiro atoms. The number of morpholine rings is 1. The molecule has 0 radical (unpaired) electrons. The second-order valence-corrected chi connectivity index (χ2v) is 6.67. The van der Waals surface area contributed by atoms with Crippen molar-refractivity contribution in [2.45, 2.75) is 57.7 Å². The third-order valence-electron chi connectivity index (χ3n) is 3.69. The van der Waals surface area contributed by atoms with Gasteiger partial charge in [0, 0.05) is 6.42 Å². The van der Waals surface area contributed by atoms with Crippen molar-refractivity contribution in [3.8, 4) is 0 Å². The number of aliphatic carboxylic acids is 1. The zero-order chi connectivity index (χ0) is 14.9. The average Bonchev–Trinajstić information content (AvgIpc) is 2.24. The third kappa shape index (κ3) is 3.62. The van der Waals surface area contributed by atoms with Crippen molar-refractivity contribution in [2.24, 2.45) is 5.92 Å². The van der Waals surface area contributed by atoms with Crippen molar-refractivity contribution in [3.63, 3.8) is 0 Å². The van der Waals surface area contributed by atoms with Gasteiger partial charge in [-0.25, -0.2) is 4.79 Å². The Bertz CT molecular complexity index is 376. The predicted octanol–water partition coefficient (Wildman–Crippen LogP) is 1.88. The fourth-order valence-electron chi connectivity index (χ4n) is 3.05. The largest absolute Gasteiger partial charge is 0.481 e. The van der Waals surface area contributed by atoms with Gasteiger partial charge in [0.05, 0.1) is 25.3 Å². The number of amides is 1. The molecule has 2 atom stereocenters. The van der Waals surface area contributed by atoms with Crippen molar-refractivity contribution < 1.29 is 24.2 Å². The summed E-state index contributed by atoms with van der Waals surface area (Å²) in [5.74, 6) is -0.662. The monoisotopic (exact) mass is 285 g/mol. The topological polar surface area (TPSA) is 76.1 Å². The van der Waals surface area contributed by atoms with E-state index in [1.54, 1.807) is 4.90 Å².